The predicted molar refractivity (Wildman–Crippen MR) is 141 cm³/mol. The summed E-state index contributed by atoms with van der Waals surface area (Å²) in [4.78, 5) is 28.6. The summed E-state index contributed by atoms with van der Waals surface area (Å²) in [6.07, 6.45) is 1.17. The molecule has 2 amide bonds. The molecule has 0 aromatic heterocycles. The molecule has 0 spiro atoms. The Morgan fingerprint density at radius 3 is 2.40 bits per heavy atom. The summed E-state index contributed by atoms with van der Waals surface area (Å²) in [5.41, 5.74) is 2.78. The maximum absolute atomic E-state index is 13.6. The number of hydrogen-bond donors (Lipinski definition) is 1. The number of amides is 2. The Balaban J connectivity index is 1.92. The highest BCUT2D eigenvalue weighted by Crippen LogP contribution is 2.21. The SMILES string of the molecule is CCC(C)NC(=O)C(Cc1ccccc1)N(Cc1ccccc1Cl)C(=O)COc1cccc(C)c1. The van der Waals surface area contributed by atoms with Crippen LogP contribution in [0.25, 0.3) is 0 Å². The second-order valence-electron chi connectivity index (χ2n) is 8.74. The molecule has 3 rings (SSSR count). The van der Waals surface area contributed by atoms with Crippen molar-refractivity contribution in [3.63, 3.8) is 0 Å². The Morgan fingerprint density at radius 2 is 1.71 bits per heavy atom. The van der Waals surface area contributed by atoms with Crippen molar-refractivity contribution in [2.45, 2.75) is 52.2 Å². The van der Waals surface area contributed by atoms with Gasteiger partial charge in [0.1, 0.15) is 11.8 Å². The highest BCUT2D eigenvalue weighted by atomic mass is 35.5. The Morgan fingerprint density at radius 1 is 1.00 bits per heavy atom. The van der Waals surface area contributed by atoms with E-state index in [1.807, 2.05) is 93.6 Å². The average Bonchev–Trinajstić information content (AvgIpc) is 2.86. The summed E-state index contributed by atoms with van der Waals surface area (Å²) in [6, 6.07) is 23.9. The van der Waals surface area contributed by atoms with Gasteiger partial charge in [-0.2, -0.15) is 0 Å². The van der Waals surface area contributed by atoms with Crippen molar-refractivity contribution in [2.75, 3.05) is 6.61 Å². The number of nitrogens with one attached hydrogen (secondary N) is 1. The molecule has 0 aliphatic rings. The third-order valence-electron chi connectivity index (χ3n) is 5.92. The van der Waals surface area contributed by atoms with Crippen LogP contribution >= 0.6 is 11.6 Å². The molecule has 2 unspecified atom stereocenters. The van der Waals surface area contributed by atoms with E-state index >= 15 is 0 Å². The first kappa shape index (κ1) is 26.3. The van der Waals surface area contributed by atoms with Gasteiger partial charge in [-0.3, -0.25) is 9.59 Å². The molecule has 0 radical (unpaired) electrons. The van der Waals surface area contributed by atoms with Gasteiger partial charge in [-0.25, -0.2) is 0 Å². The van der Waals surface area contributed by atoms with Crippen LogP contribution in [0.2, 0.25) is 5.02 Å². The summed E-state index contributed by atoms with van der Waals surface area (Å²) in [6.45, 7) is 5.95. The highest BCUT2D eigenvalue weighted by molar-refractivity contribution is 6.31. The van der Waals surface area contributed by atoms with E-state index in [1.165, 1.54) is 0 Å². The molecule has 5 nitrogen and oxygen atoms in total. The first-order valence-electron chi connectivity index (χ1n) is 11.9. The molecule has 1 N–H and O–H groups in total. The van der Waals surface area contributed by atoms with Crippen molar-refractivity contribution in [2.24, 2.45) is 0 Å². The molecule has 3 aromatic carbocycles. The quantitative estimate of drug-likeness (QED) is 0.380. The fraction of sp³-hybridized carbons (Fsp3) is 0.310. The number of carbonyl (C=O) groups is 2. The number of nitrogens with zero attached hydrogens (tertiary/aromatic N) is 1. The fourth-order valence-corrected chi connectivity index (χ4v) is 3.93. The van der Waals surface area contributed by atoms with Gasteiger partial charge in [0, 0.05) is 24.0 Å². The second kappa shape index (κ2) is 13.0. The Bertz CT molecular complexity index is 1120. The van der Waals surface area contributed by atoms with Crippen molar-refractivity contribution < 1.29 is 14.3 Å². The van der Waals surface area contributed by atoms with E-state index in [4.69, 9.17) is 16.3 Å². The van der Waals surface area contributed by atoms with Gasteiger partial charge < -0.3 is 15.0 Å². The highest BCUT2D eigenvalue weighted by Gasteiger charge is 2.31. The summed E-state index contributed by atoms with van der Waals surface area (Å²) < 4.78 is 5.82. The van der Waals surface area contributed by atoms with Crippen LogP contribution in [0.15, 0.2) is 78.9 Å². The van der Waals surface area contributed by atoms with Gasteiger partial charge in [0.2, 0.25) is 5.91 Å². The zero-order valence-corrected chi connectivity index (χ0v) is 21.3. The molecule has 2 atom stereocenters. The van der Waals surface area contributed by atoms with Crippen LogP contribution in [0.1, 0.15) is 37.0 Å². The molecular formula is C29H33ClN2O3. The second-order valence-corrected chi connectivity index (χ2v) is 9.15. The van der Waals surface area contributed by atoms with Gasteiger partial charge >= 0.3 is 0 Å². The summed E-state index contributed by atoms with van der Waals surface area (Å²) in [5.74, 6) is 0.130. The molecule has 0 aliphatic carbocycles. The number of ether oxygens (including phenoxy) is 1. The van der Waals surface area contributed by atoms with E-state index in [1.54, 1.807) is 11.0 Å². The maximum Gasteiger partial charge on any atom is 0.261 e. The third kappa shape index (κ3) is 7.86. The van der Waals surface area contributed by atoms with Crippen LogP contribution in [0.3, 0.4) is 0 Å². The predicted octanol–water partition coefficient (Wildman–Crippen LogP) is 5.58. The molecule has 0 heterocycles. The summed E-state index contributed by atoms with van der Waals surface area (Å²) in [5, 5.41) is 3.61. The molecule has 0 saturated heterocycles. The first-order chi connectivity index (χ1) is 16.9. The number of benzene rings is 3. The van der Waals surface area contributed by atoms with Crippen LogP contribution in [0.5, 0.6) is 5.75 Å². The molecular weight excluding hydrogens is 460 g/mol. The van der Waals surface area contributed by atoms with E-state index in [-0.39, 0.29) is 31.0 Å². The minimum atomic E-state index is -0.726. The first-order valence-corrected chi connectivity index (χ1v) is 12.3. The van der Waals surface area contributed by atoms with Crippen molar-refractivity contribution >= 4 is 23.4 Å². The Hall–Kier alpha value is -3.31. The minimum Gasteiger partial charge on any atom is -0.484 e. The van der Waals surface area contributed by atoms with Crippen molar-refractivity contribution in [3.05, 3.63) is 101 Å². The molecule has 0 fully saturated rings. The van der Waals surface area contributed by atoms with E-state index in [9.17, 15) is 9.59 Å². The van der Waals surface area contributed by atoms with Crippen LogP contribution in [0.4, 0.5) is 0 Å². The molecule has 6 heteroatoms. The van der Waals surface area contributed by atoms with Gasteiger partial charge in [-0.1, -0.05) is 79.2 Å². The smallest absolute Gasteiger partial charge is 0.261 e. The number of halogens is 1. The van der Waals surface area contributed by atoms with Gasteiger partial charge in [0.25, 0.3) is 5.91 Å². The Labute approximate surface area is 213 Å². The monoisotopic (exact) mass is 492 g/mol. The van der Waals surface area contributed by atoms with Crippen LogP contribution in [-0.4, -0.2) is 35.4 Å². The van der Waals surface area contributed by atoms with E-state index in [2.05, 4.69) is 5.32 Å². The van der Waals surface area contributed by atoms with E-state index in [0.29, 0.717) is 17.2 Å². The largest absolute Gasteiger partial charge is 0.484 e. The fourth-order valence-electron chi connectivity index (χ4n) is 3.74. The van der Waals surface area contributed by atoms with Crippen molar-refractivity contribution in [1.82, 2.24) is 10.2 Å². The molecule has 0 aliphatic heterocycles. The van der Waals surface area contributed by atoms with Crippen LogP contribution in [-0.2, 0) is 22.6 Å². The van der Waals surface area contributed by atoms with Crippen LogP contribution in [0, 0.1) is 6.92 Å². The van der Waals surface area contributed by atoms with Crippen molar-refractivity contribution in [3.8, 4) is 5.75 Å². The summed E-state index contributed by atoms with van der Waals surface area (Å²) in [7, 11) is 0. The third-order valence-corrected chi connectivity index (χ3v) is 6.29. The number of carbonyl (C=O) groups excluding carboxylic acids is 2. The lowest BCUT2D eigenvalue weighted by Gasteiger charge is -2.32. The molecule has 184 valence electrons. The zero-order chi connectivity index (χ0) is 25.2. The molecule has 0 bridgehead atoms. The number of rotatable bonds is 11. The molecule has 35 heavy (non-hydrogen) atoms. The summed E-state index contributed by atoms with van der Waals surface area (Å²) >= 11 is 6.44. The van der Waals surface area contributed by atoms with Gasteiger partial charge in [-0.05, 0) is 55.2 Å². The lowest BCUT2D eigenvalue weighted by atomic mass is 10.0. The minimum absolute atomic E-state index is 0.0124. The zero-order valence-electron chi connectivity index (χ0n) is 20.5. The molecule has 0 saturated carbocycles. The van der Waals surface area contributed by atoms with Crippen molar-refractivity contribution in [1.29, 1.82) is 0 Å². The molecule has 3 aromatic rings. The number of aryl methyl sites for hydroxylation is 1. The van der Waals surface area contributed by atoms with Crippen LogP contribution < -0.4 is 10.1 Å². The average molecular weight is 493 g/mol. The van der Waals surface area contributed by atoms with Gasteiger partial charge in [0.15, 0.2) is 6.61 Å². The standard InChI is InChI=1S/C29H33ClN2O3/c1-4-22(3)31-29(34)27(18-23-12-6-5-7-13-23)32(19-24-14-8-9-16-26(24)30)28(33)20-35-25-15-10-11-21(2)17-25/h5-17,22,27H,4,18-20H2,1-3H3,(H,31,34). The van der Waals surface area contributed by atoms with Gasteiger partial charge in [-0.15, -0.1) is 0 Å². The lowest BCUT2D eigenvalue weighted by molar-refractivity contribution is -0.143. The lowest BCUT2D eigenvalue weighted by Crippen LogP contribution is -2.53. The van der Waals surface area contributed by atoms with Gasteiger partial charge in [0.05, 0.1) is 0 Å². The van der Waals surface area contributed by atoms with E-state index < -0.39 is 6.04 Å². The Kier molecular flexibility index (Phi) is 9.74. The topological polar surface area (TPSA) is 58.6 Å². The maximum atomic E-state index is 13.6. The van der Waals surface area contributed by atoms with E-state index in [0.717, 1.165) is 23.1 Å². The normalized spacial score (nSPS) is 12.5. The number of hydrogen-bond acceptors (Lipinski definition) is 3.